The number of benzene rings is 1. The quantitative estimate of drug-likeness (QED) is 0.701. The Balaban J connectivity index is 1.53. The maximum Gasteiger partial charge on any atom is 0.161 e. The van der Waals surface area contributed by atoms with E-state index in [0.717, 1.165) is 42.5 Å². The monoisotopic (exact) mass is 350 g/mol. The first-order valence-corrected chi connectivity index (χ1v) is 9.19. The van der Waals surface area contributed by atoms with E-state index in [-0.39, 0.29) is 0 Å². The van der Waals surface area contributed by atoms with E-state index >= 15 is 0 Å². The van der Waals surface area contributed by atoms with Gasteiger partial charge in [0.05, 0.1) is 13.2 Å². The van der Waals surface area contributed by atoms with Crippen molar-refractivity contribution in [2.45, 2.75) is 37.4 Å². The van der Waals surface area contributed by atoms with E-state index in [1.54, 1.807) is 0 Å². The van der Waals surface area contributed by atoms with Crippen LogP contribution < -0.4 is 9.47 Å². The Kier molecular flexibility index (Phi) is 3.64. The number of alkyl halides is 1. The third kappa shape index (κ3) is 2.58. The molecule has 4 atom stereocenters. The molecule has 2 saturated carbocycles. The van der Waals surface area contributed by atoms with Crippen molar-refractivity contribution in [1.29, 1.82) is 0 Å². The Morgan fingerprint density at radius 1 is 1.05 bits per heavy atom. The van der Waals surface area contributed by atoms with Crippen molar-refractivity contribution in [3.8, 4) is 11.5 Å². The van der Waals surface area contributed by atoms with E-state index in [1.807, 2.05) is 0 Å². The molecule has 1 aromatic rings. The standard InChI is InChI=1S/C18H23BrO2/c1-11-9-20-15-7-6-12(8-16(15)21-10-11)18(19)17-13-4-2-3-5-14(13)17/h6-8,11,13-14,17-18H,2-5,9-10H2,1H3. The first-order chi connectivity index (χ1) is 10.2. The Labute approximate surface area is 135 Å². The highest BCUT2D eigenvalue weighted by molar-refractivity contribution is 9.09. The van der Waals surface area contributed by atoms with Crippen LogP contribution in [0.25, 0.3) is 0 Å². The molecule has 0 spiro atoms. The number of halogens is 1. The van der Waals surface area contributed by atoms with Gasteiger partial charge in [0.25, 0.3) is 0 Å². The first-order valence-electron chi connectivity index (χ1n) is 8.27. The van der Waals surface area contributed by atoms with E-state index in [4.69, 9.17) is 9.47 Å². The molecular weight excluding hydrogens is 328 g/mol. The molecule has 1 aromatic carbocycles. The summed E-state index contributed by atoms with van der Waals surface area (Å²) < 4.78 is 11.8. The van der Waals surface area contributed by atoms with E-state index in [9.17, 15) is 0 Å². The lowest BCUT2D eigenvalue weighted by molar-refractivity contribution is 0.228. The fourth-order valence-corrected chi connectivity index (χ4v) is 5.21. The van der Waals surface area contributed by atoms with Crippen molar-refractivity contribution >= 4 is 15.9 Å². The highest BCUT2D eigenvalue weighted by Crippen LogP contribution is 2.62. The second kappa shape index (κ2) is 5.49. The van der Waals surface area contributed by atoms with Crippen LogP contribution in [0.2, 0.25) is 0 Å². The third-order valence-electron chi connectivity index (χ3n) is 5.39. The normalized spacial score (nSPS) is 35.5. The molecule has 3 heteroatoms. The fraction of sp³-hybridized carbons (Fsp3) is 0.667. The third-order valence-corrected chi connectivity index (χ3v) is 6.53. The summed E-state index contributed by atoms with van der Waals surface area (Å²) in [5.74, 6) is 5.02. The SMILES string of the molecule is CC1COc2ccc(C(Br)C3C4CCCCC43)cc2OC1. The van der Waals surface area contributed by atoms with Gasteiger partial charge in [0, 0.05) is 10.7 Å². The average Bonchev–Trinajstić information content (AvgIpc) is 3.26. The largest absolute Gasteiger partial charge is 0.489 e. The highest BCUT2D eigenvalue weighted by atomic mass is 79.9. The van der Waals surface area contributed by atoms with Crippen molar-refractivity contribution in [3.63, 3.8) is 0 Å². The summed E-state index contributed by atoms with van der Waals surface area (Å²) in [4.78, 5) is 0.472. The molecule has 2 fully saturated rings. The van der Waals surface area contributed by atoms with Crippen LogP contribution in [-0.4, -0.2) is 13.2 Å². The molecule has 4 rings (SSSR count). The molecule has 2 aliphatic carbocycles. The molecule has 0 bridgehead atoms. The molecule has 0 saturated heterocycles. The van der Waals surface area contributed by atoms with Crippen LogP contribution in [-0.2, 0) is 0 Å². The van der Waals surface area contributed by atoms with Crippen LogP contribution in [0.15, 0.2) is 18.2 Å². The number of ether oxygens (including phenoxy) is 2. The lowest BCUT2D eigenvalue weighted by Crippen LogP contribution is -2.12. The Morgan fingerprint density at radius 2 is 1.71 bits per heavy atom. The predicted molar refractivity (Wildman–Crippen MR) is 87.2 cm³/mol. The summed E-state index contributed by atoms with van der Waals surface area (Å²) >= 11 is 3.97. The zero-order chi connectivity index (χ0) is 14.4. The van der Waals surface area contributed by atoms with Gasteiger partial charge in [-0.1, -0.05) is 41.8 Å². The van der Waals surface area contributed by atoms with Crippen LogP contribution in [0, 0.1) is 23.7 Å². The second-order valence-corrected chi connectivity index (χ2v) is 8.01. The summed E-state index contributed by atoms with van der Waals surface area (Å²) in [6.07, 6.45) is 5.71. The first kappa shape index (κ1) is 13.9. The lowest BCUT2D eigenvalue weighted by atomic mass is 10.0. The summed E-state index contributed by atoms with van der Waals surface area (Å²) in [5, 5.41) is 0. The molecule has 21 heavy (non-hydrogen) atoms. The van der Waals surface area contributed by atoms with Crippen LogP contribution in [0.5, 0.6) is 11.5 Å². The van der Waals surface area contributed by atoms with Gasteiger partial charge in [0.15, 0.2) is 11.5 Å². The minimum Gasteiger partial charge on any atom is -0.489 e. The van der Waals surface area contributed by atoms with Crippen molar-refractivity contribution < 1.29 is 9.47 Å². The van der Waals surface area contributed by atoms with Crippen LogP contribution in [0.4, 0.5) is 0 Å². The Morgan fingerprint density at radius 3 is 2.43 bits per heavy atom. The molecule has 0 N–H and O–H groups in total. The van der Waals surface area contributed by atoms with Gasteiger partial charge in [-0.3, -0.25) is 0 Å². The van der Waals surface area contributed by atoms with Gasteiger partial charge in [-0.15, -0.1) is 0 Å². The molecule has 114 valence electrons. The zero-order valence-corrected chi connectivity index (χ0v) is 14.1. The number of hydrogen-bond donors (Lipinski definition) is 0. The number of rotatable bonds is 2. The van der Waals surface area contributed by atoms with Crippen molar-refractivity contribution in [2.75, 3.05) is 13.2 Å². The molecule has 1 heterocycles. The summed E-state index contributed by atoms with van der Waals surface area (Å²) in [7, 11) is 0. The second-order valence-electron chi connectivity index (χ2n) is 7.02. The van der Waals surface area contributed by atoms with E-state index in [0.29, 0.717) is 10.7 Å². The minimum absolute atomic E-state index is 0.451. The summed E-state index contributed by atoms with van der Waals surface area (Å²) in [6.45, 7) is 3.66. The molecule has 2 nitrogen and oxygen atoms in total. The molecule has 0 amide bonds. The maximum atomic E-state index is 5.92. The van der Waals surface area contributed by atoms with Crippen molar-refractivity contribution in [3.05, 3.63) is 23.8 Å². The molecule has 4 unspecified atom stereocenters. The smallest absolute Gasteiger partial charge is 0.161 e. The number of hydrogen-bond acceptors (Lipinski definition) is 2. The molecular formula is C18H23BrO2. The average molecular weight is 351 g/mol. The highest BCUT2D eigenvalue weighted by Gasteiger charge is 2.53. The van der Waals surface area contributed by atoms with Gasteiger partial charge in [0.2, 0.25) is 0 Å². The Bertz CT molecular complexity index is 518. The van der Waals surface area contributed by atoms with Gasteiger partial charge in [-0.05, 0) is 48.3 Å². The minimum atomic E-state index is 0.451. The lowest BCUT2D eigenvalue weighted by Gasteiger charge is -2.14. The fourth-order valence-electron chi connectivity index (χ4n) is 4.14. The number of fused-ring (bicyclic) bond motifs is 2. The van der Waals surface area contributed by atoms with Gasteiger partial charge in [-0.2, -0.15) is 0 Å². The van der Waals surface area contributed by atoms with Crippen LogP contribution in [0.1, 0.15) is 43.0 Å². The van der Waals surface area contributed by atoms with E-state index in [2.05, 4.69) is 41.1 Å². The van der Waals surface area contributed by atoms with Crippen molar-refractivity contribution in [2.24, 2.45) is 23.7 Å². The van der Waals surface area contributed by atoms with E-state index < -0.39 is 0 Å². The van der Waals surface area contributed by atoms with Crippen LogP contribution in [0.3, 0.4) is 0 Å². The predicted octanol–water partition coefficient (Wildman–Crippen LogP) is 4.97. The molecule has 0 radical (unpaired) electrons. The van der Waals surface area contributed by atoms with Gasteiger partial charge >= 0.3 is 0 Å². The van der Waals surface area contributed by atoms with Gasteiger partial charge < -0.3 is 9.47 Å². The van der Waals surface area contributed by atoms with Gasteiger partial charge in [0.1, 0.15) is 0 Å². The molecule has 1 aliphatic heterocycles. The zero-order valence-electron chi connectivity index (χ0n) is 12.6. The molecule has 0 aromatic heterocycles. The van der Waals surface area contributed by atoms with Crippen LogP contribution >= 0.6 is 15.9 Å². The maximum absolute atomic E-state index is 5.92. The Hall–Kier alpha value is -0.700. The molecule has 3 aliphatic rings. The summed E-state index contributed by atoms with van der Waals surface area (Å²) in [6, 6.07) is 6.49. The van der Waals surface area contributed by atoms with Gasteiger partial charge in [-0.25, -0.2) is 0 Å². The summed E-state index contributed by atoms with van der Waals surface area (Å²) in [5.41, 5.74) is 1.35. The van der Waals surface area contributed by atoms with Crippen molar-refractivity contribution in [1.82, 2.24) is 0 Å². The van der Waals surface area contributed by atoms with E-state index in [1.165, 1.54) is 31.2 Å². The topological polar surface area (TPSA) is 18.5 Å².